The number of hydrogen-bond donors (Lipinski definition) is 1. The molecular formula is C25H27N5O2S2. The maximum absolute atomic E-state index is 12.6. The van der Waals surface area contributed by atoms with Crippen molar-refractivity contribution in [2.45, 2.75) is 57.3 Å². The molecule has 1 N–H and O–H groups in total. The van der Waals surface area contributed by atoms with E-state index in [1.54, 1.807) is 17.4 Å². The summed E-state index contributed by atoms with van der Waals surface area (Å²) in [5.74, 6) is 1.94. The third kappa shape index (κ3) is 5.69. The molecule has 0 unspecified atom stereocenters. The summed E-state index contributed by atoms with van der Waals surface area (Å²) in [7, 11) is 0. The Morgan fingerprint density at radius 1 is 1.38 bits per heavy atom. The van der Waals surface area contributed by atoms with Crippen LogP contribution in [0.1, 0.15) is 46.7 Å². The number of rotatable bonds is 10. The molecule has 1 aromatic carbocycles. The fraction of sp³-hybridized carbons (Fsp3) is 0.360. The largest absolute Gasteiger partial charge is 0.486 e. The van der Waals surface area contributed by atoms with Crippen LogP contribution in [0.5, 0.6) is 5.75 Å². The molecule has 2 aromatic heterocycles. The normalized spacial score (nSPS) is 12.6. The first-order valence-corrected chi connectivity index (χ1v) is 13.1. The molecule has 0 spiro atoms. The molecule has 0 fully saturated rings. The van der Waals surface area contributed by atoms with Crippen molar-refractivity contribution in [2.24, 2.45) is 0 Å². The highest BCUT2D eigenvalue weighted by Crippen LogP contribution is 2.37. The molecule has 0 atom stereocenters. The second-order valence-electron chi connectivity index (χ2n) is 8.08. The smallest absolute Gasteiger partial charge is 0.225 e. The first-order valence-electron chi connectivity index (χ1n) is 11.3. The van der Waals surface area contributed by atoms with E-state index in [2.05, 4.69) is 28.2 Å². The van der Waals surface area contributed by atoms with Gasteiger partial charge in [-0.25, -0.2) is 0 Å². The summed E-state index contributed by atoms with van der Waals surface area (Å²) in [6, 6.07) is 10.2. The Balaban J connectivity index is 1.33. The van der Waals surface area contributed by atoms with Crippen LogP contribution in [0.15, 0.2) is 42.1 Å². The summed E-state index contributed by atoms with van der Waals surface area (Å²) in [6.45, 7) is 6.70. The zero-order valence-electron chi connectivity index (χ0n) is 19.2. The molecule has 0 saturated heterocycles. The number of thiophene rings is 1. The highest BCUT2D eigenvalue weighted by molar-refractivity contribution is 7.99. The molecule has 0 bridgehead atoms. The average Bonchev–Trinajstić information content (AvgIpc) is 3.38. The predicted molar refractivity (Wildman–Crippen MR) is 135 cm³/mol. The van der Waals surface area contributed by atoms with E-state index in [9.17, 15) is 10.1 Å². The first-order chi connectivity index (χ1) is 16.6. The zero-order chi connectivity index (χ0) is 23.9. The molecule has 34 heavy (non-hydrogen) atoms. The monoisotopic (exact) mass is 493 g/mol. The number of aryl methyl sites for hydroxylation is 2. The minimum Gasteiger partial charge on any atom is -0.486 e. The number of ether oxygens (including phenoxy) is 1. The number of nitriles is 1. The molecule has 4 rings (SSSR count). The van der Waals surface area contributed by atoms with E-state index >= 15 is 0 Å². The quantitative estimate of drug-likeness (QED) is 0.305. The van der Waals surface area contributed by atoms with E-state index in [4.69, 9.17) is 4.74 Å². The van der Waals surface area contributed by atoms with Gasteiger partial charge in [-0.1, -0.05) is 30.0 Å². The van der Waals surface area contributed by atoms with Crippen molar-refractivity contribution in [2.75, 3.05) is 11.1 Å². The van der Waals surface area contributed by atoms with E-state index in [-0.39, 0.29) is 5.91 Å². The third-order valence-electron chi connectivity index (χ3n) is 5.56. The number of thioether (sulfide) groups is 1. The predicted octanol–water partition coefficient (Wildman–Crippen LogP) is 5.28. The summed E-state index contributed by atoms with van der Waals surface area (Å²) < 4.78 is 7.83. The second kappa shape index (κ2) is 11.4. The Labute approximate surface area is 207 Å². The summed E-state index contributed by atoms with van der Waals surface area (Å²) in [4.78, 5) is 13.8. The van der Waals surface area contributed by atoms with Crippen molar-refractivity contribution < 1.29 is 9.53 Å². The Kier molecular flexibility index (Phi) is 8.03. The molecule has 7 nitrogen and oxygen atoms in total. The van der Waals surface area contributed by atoms with Gasteiger partial charge in [-0.3, -0.25) is 9.36 Å². The van der Waals surface area contributed by atoms with Gasteiger partial charge in [-0.2, -0.15) is 5.26 Å². The van der Waals surface area contributed by atoms with Gasteiger partial charge < -0.3 is 10.1 Å². The number of benzene rings is 1. The van der Waals surface area contributed by atoms with Crippen molar-refractivity contribution in [3.8, 4) is 11.8 Å². The van der Waals surface area contributed by atoms with Crippen LogP contribution < -0.4 is 10.1 Å². The molecular weight excluding hydrogens is 466 g/mol. The lowest BCUT2D eigenvalue weighted by Crippen LogP contribution is -2.12. The Morgan fingerprint density at radius 3 is 3.03 bits per heavy atom. The van der Waals surface area contributed by atoms with Gasteiger partial charge in [0.2, 0.25) is 5.91 Å². The second-order valence-corrected chi connectivity index (χ2v) is 10.2. The van der Waals surface area contributed by atoms with Gasteiger partial charge in [-0.05, 0) is 55.9 Å². The van der Waals surface area contributed by atoms with Gasteiger partial charge in [0, 0.05) is 23.6 Å². The number of nitrogens with one attached hydrogen (secondary N) is 1. The van der Waals surface area contributed by atoms with Crippen molar-refractivity contribution in [3.05, 3.63) is 64.3 Å². The van der Waals surface area contributed by atoms with Crippen LogP contribution in [0.2, 0.25) is 0 Å². The summed E-state index contributed by atoms with van der Waals surface area (Å²) in [6.07, 6.45) is 6.27. The van der Waals surface area contributed by atoms with Crippen LogP contribution in [0.4, 0.5) is 5.00 Å². The fourth-order valence-electron chi connectivity index (χ4n) is 3.89. The molecule has 2 heterocycles. The summed E-state index contributed by atoms with van der Waals surface area (Å²) in [5, 5.41) is 22.5. The summed E-state index contributed by atoms with van der Waals surface area (Å²) in [5.41, 5.74) is 2.90. The number of carbonyl (C=O) groups excluding carboxylic acids is 1. The van der Waals surface area contributed by atoms with Crippen molar-refractivity contribution in [1.82, 2.24) is 14.8 Å². The fourth-order valence-corrected chi connectivity index (χ4v) is 6.05. The Morgan fingerprint density at radius 2 is 2.24 bits per heavy atom. The lowest BCUT2D eigenvalue weighted by molar-refractivity contribution is -0.115. The molecule has 0 radical (unpaired) electrons. The van der Waals surface area contributed by atoms with Crippen LogP contribution in [0.3, 0.4) is 0 Å². The minimum atomic E-state index is -0.0969. The molecule has 1 aliphatic carbocycles. The van der Waals surface area contributed by atoms with Crippen LogP contribution in [0.25, 0.3) is 0 Å². The van der Waals surface area contributed by atoms with Gasteiger partial charge in [0.15, 0.2) is 11.0 Å². The van der Waals surface area contributed by atoms with E-state index in [0.717, 1.165) is 47.7 Å². The summed E-state index contributed by atoms with van der Waals surface area (Å²) >= 11 is 3.02. The van der Waals surface area contributed by atoms with Gasteiger partial charge in [0.1, 0.15) is 23.4 Å². The third-order valence-corrected chi connectivity index (χ3v) is 7.73. The van der Waals surface area contributed by atoms with Gasteiger partial charge in [0.05, 0.1) is 5.56 Å². The van der Waals surface area contributed by atoms with E-state index in [1.165, 1.54) is 16.6 Å². The van der Waals surface area contributed by atoms with Crippen molar-refractivity contribution in [1.29, 1.82) is 5.26 Å². The van der Waals surface area contributed by atoms with Gasteiger partial charge in [-0.15, -0.1) is 28.1 Å². The molecule has 0 saturated carbocycles. The highest BCUT2D eigenvalue weighted by Gasteiger charge is 2.22. The number of nitrogens with zero attached hydrogens (tertiary/aromatic N) is 4. The number of anilines is 1. The number of allylic oxidation sites excluding steroid dienone is 1. The first kappa shape index (κ1) is 24.0. The molecule has 9 heteroatoms. The molecule has 1 amide bonds. The Hall–Kier alpha value is -3.09. The molecule has 176 valence electrons. The molecule has 0 aliphatic heterocycles. The number of fused-ring (bicyclic) bond motifs is 1. The van der Waals surface area contributed by atoms with E-state index < -0.39 is 0 Å². The number of aromatic nitrogens is 3. The highest BCUT2D eigenvalue weighted by atomic mass is 32.2. The van der Waals surface area contributed by atoms with Crippen LogP contribution in [-0.2, 0) is 30.8 Å². The maximum Gasteiger partial charge on any atom is 0.225 e. The zero-order valence-corrected chi connectivity index (χ0v) is 20.8. The number of carbonyl (C=O) groups is 1. The standard InChI is InChI=1S/C25H27N5O2S2/c1-3-12-30-22(16-32-18-8-6-7-17(2)14-18)28-29-25(30)33-13-11-23(31)27-24-20(15-26)19-9-4-5-10-21(19)34-24/h3,6-8,14H,1,4-5,9-13,16H2,2H3,(H,27,31). The lowest BCUT2D eigenvalue weighted by atomic mass is 9.96. The van der Waals surface area contributed by atoms with Crippen LogP contribution in [-0.4, -0.2) is 26.4 Å². The molecule has 1 aliphatic rings. The van der Waals surface area contributed by atoms with E-state index in [0.29, 0.717) is 41.7 Å². The van der Waals surface area contributed by atoms with Crippen LogP contribution in [0, 0.1) is 18.3 Å². The molecule has 3 aromatic rings. The van der Waals surface area contributed by atoms with Gasteiger partial charge >= 0.3 is 0 Å². The van der Waals surface area contributed by atoms with Gasteiger partial charge in [0.25, 0.3) is 0 Å². The van der Waals surface area contributed by atoms with E-state index in [1.807, 2.05) is 35.8 Å². The Bertz CT molecular complexity index is 1220. The van der Waals surface area contributed by atoms with Crippen molar-refractivity contribution in [3.63, 3.8) is 0 Å². The van der Waals surface area contributed by atoms with Crippen LogP contribution >= 0.6 is 23.1 Å². The maximum atomic E-state index is 12.6. The topological polar surface area (TPSA) is 92.8 Å². The SMILES string of the molecule is C=CCn1c(COc2cccc(C)c2)nnc1SCCC(=O)Nc1sc2c(c1C#N)CCCC2. The average molecular weight is 494 g/mol. The number of hydrogen-bond acceptors (Lipinski definition) is 7. The van der Waals surface area contributed by atoms with Crippen molar-refractivity contribution >= 4 is 34.0 Å². The minimum absolute atomic E-state index is 0.0969. The number of amides is 1. The lowest BCUT2D eigenvalue weighted by Gasteiger charge is -2.10.